The Labute approximate surface area is 182 Å². The zero-order chi connectivity index (χ0) is 22.2. The summed E-state index contributed by atoms with van der Waals surface area (Å²) in [7, 11) is 3.20. The number of pyridine rings is 1. The van der Waals surface area contributed by atoms with Crippen LogP contribution >= 0.6 is 0 Å². The van der Waals surface area contributed by atoms with Crippen LogP contribution in [0.25, 0.3) is 0 Å². The largest absolute Gasteiger partial charge is 0.493 e. The lowest BCUT2D eigenvalue weighted by atomic mass is 9.96. The van der Waals surface area contributed by atoms with Gasteiger partial charge in [-0.25, -0.2) is 9.98 Å². The molecule has 1 aromatic carbocycles. The van der Waals surface area contributed by atoms with Crippen LogP contribution in [0.3, 0.4) is 0 Å². The van der Waals surface area contributed by atoms with Crippen molar-refractivity contribution in [2.75, 3.05) is 32.2 Å². The molecule has 1 aromatic heterocycles. The minimum Gasteiger partial charge on any atom is -0.493 e. The number of benzene rings is 1. The van der Waals surface area contributed by atoms with Gasteiger partial charge < -0.3 is 31.2 Å². The van der Waals surface area contributed by atoms with Gasteiger partial charge in [0.2, 0.25) is 5.91 Å². The van der Waals surface area contributed by atoms with Crippen molar-refractivity contribution in [1.82, 2.24) is 10.3 Å². The molecule has 2 aromatic rings. The highest BCUT2D eigenvalue weighted by atomic mass is 16.5. The SMILES string of the molecule is COc1ccc(CN=C(N)NCc2cccnc2N2CCC(C(N)=O)CC2)cc1OC. The number of methoxy groups -OCH3 is 2. The van der Waals surface area contributed by atoms with E-state index in [2.05, 4.69) is 20.2 Å². The lowest BCUT2D eigenvalue weighted by Crippen LogP contribution is -2.39. The van der Waals surface area contributed by atoms with E-state index in [0.29, 0.717) is 30.5 Å². The zero-order valence-corrected chi connectivity index (χ0v) is 18.0. The minimum absolute atomic E-state index is 0.0547. The van der Waals surface area contributed by atoms with Gasteiger partial charge in [0, 0.05) is 37.3 Å². The molecule has 166 valence electrons. The van der Waals surface area contributed by atoms with E-state index < -0.39 is 0 Å². The molecule has 0 saturated carbocycles. The first-order valence-corrected chi connectivity index (χ1v) is 10.2. The third-order valence-corrected chi connectivity index (χ3v) is 5.40. The number of nitrogens with zero attached hydrogens (tertiary/aromatic N) is 3. The van der Waals surface area contributed by atoms with Crippen molar-refractivity contribution in [1.29, 1.82) is 0 Å². The summed E-state index contributed by atoms with van der Waals surface area (Å²) in [5, 5.41) is 3.16. The molecule has 1 saturated heterocycles. The molecule has 0 radical (unpaired) electrons. The molecule has 0 unspecified atom stereocenters. The number of hydrogen-bond acceptors (Lipinski definition) is 6. The highest BCUT2D eigenvalue weighted by Gasteiger charge is 2.24. The van der Waals surface area contributed by atoms with Gasteiger partial charge in [-0.3, -0.25) is 4.79 Å². The molecule has 1 aliphatic rings. The number of nitrogens with one attached hydrogen (secondary N) is 1. The quantitative estimate of drug-likeness (QED) is 0.430. The molecule has 2 heterocycles. The number of carbonyl (C=O) groups excluding carboxylic acids is 1. The monoisotopic (exact) mass is 426 g/mol. The first-order valence-electron chi connectivity index (χ1n) is 10.2. The van der Waals surface area contributed by atoms with Gasteiger partial charge in [0.15, 0.2) is 17.5 Å². The molecule has 0 aliphatic carbocycles. The van der Waals surface area contributed by atoms with Crippen LogP contribution in [0, 0.1) is 5.92 Å². The van der Waals surface area contributed by atoms with Gasteiger partial charge in [0.05, 0.1) is 20.8 Å². The average Bonchev–Trinajstić information content (AvgIpc) is 2.81. The number of amides is 1. The smallest absolute Gasteiger partial charge is 0.220 e. The molecule has 31 heavy (non-hydrogen) atoms. The summed E-state index contributed by atoms with van der Waals surface area (Å²) in [4.78, 5) is 22.6. The number of aromatic nitrogens is 1. The number of nitrogens with two attached hydrogens (primary N) is 2. The highest BCUT2D eigenvalue weighted by molar-refractivity contribution is 5.78. The number of guanidine groups is 1. The fourth-order valence-electron chi connectivity index (χ4n) is 3.63. The van der Waals surface area contributed by atoms with E-state index in [0.717, 1.165) is 42.9 Å². The van der Waals surface area contributed by atoms with Crippen LogP contribution in [0.4, 0.5) is 5.82 Å². The number of carbonyl (C=O) groups is 1. The summed E-state index contributed by atoms with van der Waals surface area (Å²) >= 11 is 0. The van der Waals surface area contributed by atoms with E-state index in [1.165, 1.54) is 0 Å². The fraction of sp³-hybridized carbons (Fsp3) is 0.409. The summed E-state index contributed by atoms with van der Waals surface area (Å²) in [5.74, 6) is 2.29. The number of rotatable bonds is 8. The van der Waals surface area contributed by atoms with E-state index >= 15 is 0 Å². The van der Waals surface area contributed by atoms with E-state index in [4.69, 9.17) is 20.9 Å². The lowest BCUT2D eigenvalue weighted by Gasteiger charge is -2.32. The molecule has 0 spiro atoms. The van der Waals surface area contributed by atoms with Gasteiger partial charge in [-0.1, -0.05) is 12.1 Å². The first-order chi connectivity index (χ1) is 15.0. The van der Waals surface area contributed by atoms with Crippen molar-refractivity contribution >= 4 is 17.7 Å². The Balaban J connectivity index is 1.59. The van der Waals surface area contributed by atoms with Gasteiger partial charge >= 0.3 is 0 Å². The molecule has 9 nitrogen and oxygen atoms in total. The van der Waals surface area contributed by atoms with E-state index in [1.807, 2.05) is 30.3 Å². The van der Waals surface area contributed by atoms with Crippen molar-refractivity contribution in [2.45, 2.75) is 25.9 Å². The van der Waals surface area contributed by atoms with E-state index in [9.17, 15) is 4.79 Å². The maximum Gasteiger partial charge on any atom is 0.220 e. The second-order valence-electron chi connectivity index (χ2n) is 7.39. The van der Waals surface area contributed by atoms with Gasteiger partial charge in [-0.05, 0) is 36.6 Å². The van der Waals surface area contributed by atoms with Crippen molar-refractivity contribution in [2.24, 2.45) is 22.4 Å². The summed E-state index contributed by atoms with van der Waals surface area (Å²) in [6.45, 7) is 2.42. The first kappa shape index (κ1) is 22.2. The third-order valence-electron chi connectivity index (χ3n) is 5.40. The molecule has 0 bridgehead atoms. The Kier molecular flexibility index (Phi) is 7.53. The van der Waals surface area contributed by atoms with Crippen LogP contribution in [-0.4, -0.2) is 44.2 Å². The molecule has 1 amide bonds. The number of primary amides is 1. The molecule has 1 aliphatic heterocycles. The lowest BCUT2D eigenvalue weighted by molar-refractivity contribution is -0.122. The zero-order valence-electron chi connectivity index (χ0n) is 18.0. The molecular weight excluding hydrogens is 396 g/mol. The van der Waals surface area contributed by atoms with Gasteiger partial charge in [-0.2, -0.15) is 0 Å². The molecule has 3 rings (SSSR count). The number of piperidine rings is 1. The third kappa shape index (κ3) is 5.78. The Morgan fingerprint density at radius 2 is 1.94 bits per heavy atom. The van der Waals surface area contributed by atoms with Crippen LogP contribution in [-0.2, 0) is 17.9 Å². The summed E-state index contributed by atoms with van der Waals surface area (Å²) in [6.07, 6.45) is 3.26. The van der Waals surface area contributed by atoms with Crippen LogP contribution < -0.4 is 31.2 Å². The maximum atomic E-state index is 11.4. The second kappa shape index (κ2) is 10.5. The minimum atomic E-state index is -0.221. The van der Waals surface area contributed by atoms with Gasteiger partial charge in [0.25, 0.3) is 0 Å². The highest BCUT2D eigenvalue weighted by Crippen LogP contribution is 2.28. The van der Waals surface area contributed by atoms with Crippen molar-refractivity contribution in [3.8, 4) is 11.5 Å². The molecule has 1 fully saturated rings. The second-order valence-corrected chi connectivity index (χ2v) is 7.39. The van der Waals surface area contributed by atoms with E-state index in [1.54, 1.807) is 20.4 Å². The Bertz CT molecular complexity index is 925. The number of aliphatic imine (C=N–C) groups is 1. The summed E-state index contributed by atoms with van der Waals surface area (Å²) < 4.78 is 10.6. The van der Waals surface area contributed by atoms with Gasteiger partial charge in [0.1, 0.15) is 5.82 Å². The normalized spacial score (nSPS) is 14.9. The van der Waals surface area contributed by atoms with Crippen LogP contribution in [0.5, 0.6) is 11.5 Å². The van der Waals surface area contributed by atoms with Crippen LogP contribution in [0.2, 0.25) is 0 Å². The van der Waals surface area contributed by atoms with Crippen molar-refractivity contribution < 1.29 is 14.3 Å². The number of anilines is 1. The summed E-state index contributed by atoms with van der Waals surface area (Å²) in [6, 6.07) is 9.55. The molecule has 5 N–H and O–H groups in total. The van der Waals surface area contributed by atoms with Crippen molar-refractivity contribution in [3.63, 3.8) is 0 Å². The molecular formula is C22H30N6O3. The topological polar surface area (TPSA) is 128 Å². The van der Waals surface area contributed by atoms with Crippen molar-refractivity contribution in [3.05, 3.63) is 47.7 Å². The molecule has 0 atom stereocenters. The average molecular weight is 427 g/mol. The standard InChI is InChI=1S/C22H30N6O3/c1-30-18-6-5-15(12-19(18)31-2)13-26-22(24)27-14-17-4-3-9-25-21(17)28-10-7-16(8-11-28)20(23)29/h3-6,9,12,16H,7-8,10-11,13-14H2,1-2H3,(H2,23,29)(H3,24,26,27). The maximum absolute atomic E-state index is 11.4. The van der Waals surface area contributed by atoms with Gasteiger partial charge in [-0.15, -0.1) is 0 Å². The predicted octanol–water partition coefficient (Wildman–Crippen LogP) is 1.41. The van der Waals surface area contributed by atoms with E-state index in [-0.39, 0.29) is 11.8 Å². The Morgan fingerprint density at radius 1 is 1.19 bits per heavy atom. The Hall–Kier alpha value is -3.49. The Morgan fingerprint density at radius 3 is 2.61 bits per heavy atom. The van der Waals surface area contributed by atoms with Crippen LogP contribution in [0.15, 0.2) is 41.5 Å². The number of ether oxygens (including phenoxy) is 2. The predicted molar refractivity (Wildman–Crippen MR) is 120 cm³/mol. The van der Waals surface area contributed by atoms with Crippen LogP contribution in [0.1, 0.15) is 24.0 Å². The fourth-order valence-corrected chi connectivity index (χ4v) is 3.63. The molecule has 9 heteroatoms. The number of hydrogen-bond donors (Lipinski definition) is 3. The summed E-state index contributed by atoms with van der Waals surface area (Å²) in [5.41, 5.74) is 13.5.